The summed E-state index contributed by atoms with van der Waals surface area (Å²) in [5.74, 6) is 0.702. The molecule has 2 rings (SSSR count). The highest BCUT2D eigenvalue weighted by molar-refractivity contribution is 5.65. The average molecular weight is 213 g/mol. The van der Waals surface area contributed by atoms with Crippen molar-refractivity contribution in [3.05, 3.63) is 0 Å². The van der Waals surface area contributed by atoms with Crippen molar-refractivity contribution in [1.82, 2.24) is 4.90 Å². The van der Waals surface area contributed by atoms with Crippen LogP contribution in [0.4, 0.5) is 4.79 Å². The number of hydrogen-bond donors (Lipinski definition) is 1. The van der Waals surface area contributed by atoms with E-state index in [1.54, 1.807) is 0 Å². The summed E-state index contributed by atoms with van der Waals surface area (Å²) in [5, 5.41) is 8.99. The lowest BCUT2D eigenvalue weighted by Gasteiger charge is -2.21. The van der Waals surface area contributed by atoms with Crippen LogP contribution in [0.5, 0.6) is 0 Å². The second kappa shape index (κ2) is 4.39. The van der Waals surface area contributed by atoms with E-state index in [1.807, 2.05) is 0 Å². The first-order chi connectivity index (χ1) is 7.20. The SMILES string of the molecule is CCC1CN(C(=O)O)CCC(C2CC2)O1. The van der Waals surface area contributed by atoms with E-state index in [2.05, 4.69) is 6.92 Å². The van der Waals surface area contributed by atoms with E-state index in [4.69, 9.17) is 9.84 Å². The molecule has 4 heteroatoms. The van der Waals surface area contributed by atoms with Crippen molar-refractivity contribution in [3.63, 3.8) is 0 Å². The lowest BCUT2D eigenvalue weighted by Crippen LogP contribution is -2.35. The van der Waals surface area contributed by atoms with Gasteiger partial charge in [-0.2, -0.15) is 0 Å². The standard InChI is InChI=1S/C11H19NO3/c1-2-9-7-12(11(13)14)6-5-10(15-9)8-3-4-8/h8-10H,2-7H2,1H3,(H,13,14). The molecule has 0 aromatic rings. The van der Waals surface area contributed by atoms with Gasteiger partial charge in [0.05, 0.1) is 18.8 Å². The molecule has 1 heterocycles. The molecular formula is C11H19NO3. The van der Waals surface area contributed by atoms with E-state index < -0.39 is 6.09 Å². The Bertz CT molecular complexity index is 240. The van der Waals surface area contributed by atoms with E-state index in [0.717, 1.165) is 12.8 Å². The highest BCUT2D eigenvalue weighted by Crippen LogP contribution is 2.37. The lowest BCUT2D eigenvalue weighted by atomic mass is 10.1. The number of ether oxygens (including phenoxy) is 1. The first kappa shape index (κ1) is 10.7. The smallest absolute Gasteiger partial charge is 0.407 e. The Hall–Kier alpha value is -0.770. The van der Waals surface area contributed by atoms with Gasteiger partial charge in [-0.25, -0.2) is 4.79 Å². The van der Waals surface area contributed by atoms with Gasteiger partial charge < -0.3 is 14.7 Å². The van der Waals surface area contributed by atoms with E-state index >= 15 is 0 Å². The zero-order chi connectivity index (χ0) is 10.8. The van der Waals surface area contributed by atoms with Crippen LogP contribution < -0.4 is 0 Å². The fourth-order valence-electron chi connectivity index (χ4n) is 2.19. The molecule has 0 radical (unpaired) electrons. The molecule has 2 atom stereocenters. The van der Waals surface area contributed by atoms with Crippen molar-refractivity contribution < 1.29 is 14.6 Å². The number of hydrogen-bond acceptors (Lipinski definition) is 2. The summed E-state index contributed by atoms with van der Waals surface area (Å²) in [6, 6.07) is 0. The van der Waals surface area contributed by atoms with Crippen LogP contribution in [-0.4, -0.2) is 41.4 Å². The largest absolute Gasteiger partial charge is 0.465 e. The molecule has 4 nitrogen and oxygen atoms in total. The normalized spacial score (nSPS) is 32.5. The van der Waals surface area contributed by atoms with Crippen molar-refractivity contribution >= 4 is 6.09 Å². The van der Waals surface area contributed by atoms with Crippen LogP contribution in [0.2, 0.25) is 0 Å². The van der Waals surface area contributed by atoms with Crippen molar-refractivity contribution in [2.75, 3.05) is 13.1 Å². The van der Waals surface area contributed by atoms with Gasteiger partial charge in [-0.3, -0.25) is 0 Å². The summed E-state index contributed by atoms with van der Waals surface area (Å²) >= 11 is 0. The minimum Gasteiger partial charge on any atom is -0.465 e. The van der Waals surface area contributed by atoms with Gasteiger partial charge in [0.2, 0.25) is 0 Å². The molecule has 0 spiro atoms. The van der Waals surface area contributed by atoms with Crippen molar-refractivity contribution in [1.29, 1.82) is 0 Å². The molecule has 1 N–H and O–H groups in total. The lowest BCUT2D eigenvalue weighted by molar-refractivity contribution is -0.0184. The topological polar surface area (TPSA) is 49.8 Å². The summed E-state index contributed by atoms with van der Waals surface area (Å²) in [4.78, 5) is 12.4. The maximum absolute atomic E-state index is 10.9. The van der Waals surface area contributed by atoms with Gasteiger partial charge in [-0.05, 0) is 31.6 Å². The molecule has 1 amide bonds. The van der Waals surface area contributed by atoms with E-state index in [9.17, 15) is 4.79 Å². The monoisotopic (exact) mass is 213 g/mol. The fraction of sp³-hybridized carbons (Fsp3) is 0.909. The number of nitrogens with zero attached hydrogens (tertiary/aromatic N) is 1. The Morgan fingerprint density at radius 2 is 2.20 bits per heavy atom. The van der Waals surface area contributed by atoms with Crippen LogP contribution in [0.3, 0.4) is 0 Å². The van der Waals surface area contributed by atoms with Crippen LogP contribution in [0.15, 0.2) is 0 Å². The second-order valence-corrected chi connectivity index (χ2v) is 4.56. The Morgan fingerprint density at radius 3 is 2.73 bits per heavy atom. The van der Waals surface area contributed by atoms with Gasteiger partial charge in [-0.15, -0.1) is 0 Å². The Labute approximate surface area is 90.2 Å². The Kier molecular flexibility index (Phi) is 3.14. The van der Waals surface area contributed by atoms with Crippen LogP contribution in [0.1, 0.15) is 32.6 Å². The van der Waals surface area contributed by atoms with Crippen molar-refractivity contribution in [2.45, 2.75) is 44.8 Å². The Morgan fingerprint density at radius 1 is 1.47 bits per heavy atom. The van der Waals surface area contributed by atoms with Gasteiger partial charge in [0, 0.05) is 6.54 Å². The molecule has 0 aromatic carbocycles. The molecule has 0 bridgehead atoms. The quantitative estimate of drug-likeness (QED) is 0.762. The van der Waals surface area contributed by atoms with Crippen LogP contribution >= 0.6 is 0 Å². The maximum atomic E-state index is 10.9. The van der Waals surface area contributed by atoms with E-state index in [0.29, 0.717) is 25.1 Å². The van der Waals surface area contributed by atoms with Gasteiger partial charge in [-0.1, -0.05) is 6.92 Å². The van der Waals surface area contributed by atoms with Crippen molar-refractivity contribution in [2.24, 2.45) is 5.92 Å². The highest BCUT2D eigenvalue weighted by Gasteiger charge is 2.36. The third kappa shape index (κ3) is 2.62. The molecule has 0 aromatic heterocycles. The second-order valence-electron chi connectivity index (χ2n) is 4.56. The highest BCUT2D eigenvalue weighted by atomic mass is 16.5. The third-order valence-corrected chi connectivity index (χ3v) is 3.35. The first-order valence-electron chi connectivity index (χ1n) is 5.84. The van der Waals surface area contributed by atoms with E-state index in [-0.39, 0.29) is 6.10 Å². The molecular weight excluding hydrogens is 194 g/mol. The zero-order valence-corrected chi connectivity index (χ0v) is 9.19. The molecule has 1 aliphatic carbocycles. The molecule has 2 unspecified atom stereocenters. The molecule has 1 aliphatic heterocycles. The average Bonchev–Trinajstić information content (AvgIpc) is 3.03. The summed E-state index contributed by atoms with van der Waals surface area (Å²) in [6.07, 6.45) is 3.87. The molecule has 86 valence electrons. The predicted octanol–water partition coefficient (Wildman–Crippen LogP) is 1.94. The Balaban J connectivity index is 1.96. The summed E-state index contributed by atoms with van der Waals surface area (Å²) in [6.45, 7) is 3.22. The summed E-state index contributed by atoms with van der Waals surface area (Å²) in [7, 11) is 0. The zero-order valence-electron chi connectivity index (χ0n) is 9.19. The third-order valence-electron chi connectivity index (χ3n) is 3.35. The van der Waals surface area contributed by atoms with Crippen LogP contribution in [-0.2, 0) is 4.74 Å². The number of amides is 1. The van der Waals surface area contributed by atoms with Gasteiger partial charge in [0.15, 0.2) is 0 Å². The number of rotatable bonds is 2. The van der Waals surface area contributed by atoms with Gasteiger partial charge in [0.25, 0.3) is 0 Å². The van der Waals surface area contributed by atoms with E-state index in [1.165, 1.54) is 17.7 Å². The van der Waals surface area contributed by atoms with Gasteiger partial charge >= 0.3 is 6.09 Å². The maximum Gasteiger partial charge on any atom is 0.407 e. The predicted molar refractivity (Wildman–Crippen MR) is 55.9 cm³/mol. The first-order valence-corrected chi connectivity index (χ1v) is 5.84. The number of carboxylic acid groups (broad SMARTS) is 1. The van der Waals surface area contributed by atoms with Crippen LogP contribution in [0, 0.1) is 5.92 Å². The molecule has 2 fully saturated rings. The molecule has 2 aliphatic rings. The molecule has 1 saturated heterocycles. The summed E-state index contributed by atoms with van der Waals surface area (Å²) < 4.78 is 5.96. The minimum absolute atomic E-state index is 0.0919. The fourth-order valence-corrected chi connectivity index (χ4v) is 2.19. The summed E-state index contributed by atoms with van der Waals surface area (Å²) in [5.41, 5.74) is 0. The molecule has 1 saturated carbocycles. The van der Waals surface area contributed by atoms with Crippen molar-refractivity contribution in [3.8, 4) is 0 Å². The molecule has 15 heavy (non-hydrogen) atoms. The van der Waals surface area contributed by atoms with Crippen LogP contribution in [0.25, 0.3) is 0 Å². The number of carbonyl (C=O) groups is 1. The van der Waals surface area contributed by atoms with Gasteiger partial charge in [0.1, 0.15) is 0 Å². The minimum atomic E-state index is -0.812.